The van der Waals surface area contributed by atoms with Gasteiger partial charge in [0.25, 0.3) is 5.22 Å². The fraction of sp³-hybridized carbons (Fsp3) is 0.111. The SMILES string of the molecule is Cc1ccccc1-c1nnc(SCc2nnc(-c3ccc(Br)cc3)o2)o1. The van der Waals surface area contributed by atoms with Gasteiger partial charge in [-0.15, -0.1) is 20.4 Å². The van der Waals surface area contributed by atoms with E-state index >= 15 is 0 Å². The third-order valence-corrected chi connectivity index (χ3v) is 4.99. The standard InChI is InChI=1S/C18H13BrN4O2S/c1-11-4-2-3-5-14(11)17-22-23-18(25-17)26-10-15-20-21-16(24-15)12-6-8-13(19)9-7-12/h2-9H,10H2,1H3. The van der Waals surface area contributed by atoms with Gasteiger partial charge in [-0.25, -0.2) is 0 Å². The van der Waals surface area contributed by atoms with Crippen LogP contribution < -0.4 is 0 Å². The summed E-state index contributed by atoms with van der Waals surface area (Å²) in [6.07, 6.45) is 0. The normalized spacial score (nSPS) is 11.0. The lowest BCUT2D eigenvalue weighted by molar-refractivity contribution is 0.464. The first-order valence-corrected chi connectivity index (χ1v) is 9.57. The molecule has 130 valence electrons. The predicted molar refractivity (Wildman–Crippen MR) is 101 cm³/mol. The van der Waals surface area contributed by atoms with Gasteiger partial charge in [-0.3, -0.25) is 0 Å². The Balaban J connectivity index is 1.44. The summed E-state index contributed by atoms with van der Waals surface area (Å²) < 4.78 is 12.4. The van der Waals surface area contributed by atoms with Crippen LogP contribution in [0.5, 0.6) is 0 Å². The van der Waals surface area contributed by atoms with E-state index in [1.54, 1.807) is 0 Å². The van der Waals surface area contributed by atoms with E-state index in [1.165, 1.54) is 11.8 Å². The highest BCUT2D eigenvalue weighted by Gasteiger charge is 2.13. The van der Waals surface area contributed by atoms with Gasteiger partial charge in [0.05, 0.1) is 5.75 Å². The molecule has 0 aliphatic rings. The Labute approximate surface area is 162 Å². The van der Waals surface area contributed by atoms with Gasteiger partial charge in [0.2, 0.25) is 17.7 Å². The third-order valence-electron chi connectivity index (χ3n) is 3.66. The fourth-order valence-electron chi connectivity index (χ4n) is 2.33. The number of halogens is 1. The minimum Gasteiger partial charge on any atom is -0.420 e. The largest absolute Gasteiger partial charge is 0.420 e. The van der Waals surface area contributed by atoms with Crippen molar-refractivity contribution in [2.75, 3.05) is 0 Å². The summed E-state index contributed by atoms with van der Waals surface area (Å²) >= 11 is 4.77. The van der Waals surface area contributed by atoms with Crippen molar-refractivity contribution in [1.82, 2.24) is 20.4 Å². The molecule has 4 aromatic rings. The zero-order valence-corrected chi connectivity index (χ0v) is 16.1. The molecule has 2 aromatic heterocycles. The number of aromatic nitrogens is 4. The summed E-state index contributed by atoms with van der Waals surface area (Å²) in [6.45, 7) is 2.01. The van der Waals surface area contributed by atoms with Crippen molar-refractivity contribution in [2.45, 2.75) is 17.9 Å². The van der Waals surface area contributed by atoms with Gasteiger partial charge in [-0.1, -0.05) is 45.9 Å². The molecular weight excluding hydrogens is 416 g/mol. The molecule has 0 saturated heterocycles. The highest BCUT2D eigenvalue weighted by atomic mass is 79.9. The smallest absolute Gasteiger partial charge is 0.277 e. The van der Waals surface area contributed by atoms with Gasteiger partial charge in [-0.05, 0) is 42.8 Å². The molecule has 4 rings (SSSR count). The quantitative estimate of drug-likeness (QED) is 0.406. The number of rotatable bonds is 5. The molecule has 6 nitrogen and oxygen atoms in total. The van der Waals surface area contributed by atoms with Crippen molar-refractivity contribution >= 4 is 27.7 Å². The van der Waals surface area contributed by atoms with E-state index in [2.05, 4.69) is 36.3 Å². The Hall–Kier alpha value is -2.45. The third kappa shape index (κ3) is 3.71. The molecule has 8 heteroatoms. The number of hydrogen-bond acceptors (Lipinski definition) is 7. The number of hydrogen-bond donors (Lipinski definition) is 0. The molecule has 0 unspecified atom stereocenters. The number of benzene rings is 2. The van der Waals surface area contributed by atoms with Crippen LogP contribution in [0.4, 0.5) is 0 Å². The Bertz CT molecular complexity index is 1030. The van der Waals surface area contributed by atoms with Gasteiger partial charge in [0, 0.05) is 15.6 Å². The first kappa shape index (κ1) is 17.0. The lowest BCUT2D eigenvalue weighted by Crippen LogP contribution is -1.81. The second-order valence-corrected chi connectivity index (χ2v) is 7.33. The molecule has 2 heterocycles. The minimum atomic E-state index is 0.457. The molecule has 0 aliphatic carbocycles. The van der Waals surface area contributed by atoms with E-state index in [0.29, 0.717) is 28.6 Å². The number of thioether (sulfide) groups is 1. The molecule has 0 saturated carbocycles. The average molecular weight is 429 g/mol. The molecule has 0 amide bonds. The summed E-state index contributed by atoms with van der Waals surface area (Å²) in [5.74, 6) is 1.95. The van der Waals surface area contributed by atoms with E-state index in [-0.39, 0.29) is 0 Å². The summed E-state index contributed by atoms with van der Waals surface area (Å²) in [6, 6.07) is 15.6. The maximum Gasteiger partial charge on any atom is 0.277 e. The highest BCUT2D eigenvalue weighted by Crippen LogP contribution is 2.28. The van der Waals surface area contributed by atoms with E-state index in [0.717, 1.165) is 21.2 Å². The monoisotopic (exact) mass is 428 g/mol. The van der Waals surface area contributed by atoms with Crippen LogP contribution >= 0.6 is 27.7 Å². The van der Waals surface area contributed by atoms with Crippen LogP contribution in [-0.4, -0.2) is 20.4 Å². The van der Waals surface area contributed by atoms with Crippen LogP contribution in [0.1, 0.15) is 11.5 Å². The topological polar surface area (TPSA) is 77.8 Å². The van der Waals surface area contributed by atoms with Gasteiger partial charge in [0.1, 0.15) is 0 Å². The summed E-state index contributed by atoms with van der Waals surface area (Å²) in [5, 5.41) is 16.8. The lowest BCUT2D eigenvalue weighted by atomic mass is 10.1. The summed E-state index contributed by atoms with van der Waals surface area (Å²) in [7, 11) is 0. The van der Waals surface area contributed by atoms with Crippen LogP contribution in [0, 0.1) is 6.92 Å². The van der Waals surface area contributed by atoms with E-state index in [9.17, 15) is 0 Å². The number of nitrogens with zero attached hydrogens (tertiary/aromatic N) is 4. The lowest BCUT2D eigenvalue weighted by Gasteiger charge is -1.98. The molecule has 0 radical (unpaired) electrons. The minimum absolute atomic E-state index is 0.457. The average Bonchev–Trinajstić information content (AvgIpc) is 3.30. The zero-order valence-electron chi connectivity index (χ0n) is 13.7. The van der Waals surface area contributed by atoms with Crippen LogP contribution in [0.2, 0.25) is 0 Å². The van der Waals surface area contributed by atoms with Crippen molar-refractivity contribution in [1.29, 1.82) is 0 Å². The summed E-state index contributed by atoms with van der Waals surface area (Å²) in [5.41, 5.74) is 2.89. The van der Waals surface area contributed by atoms with Crippen molar-refractivity contribution < 1.29 is 8.83 Å². The second-order valence-electron chi connectivity index (χ2n) is 5.48. The van der Waals surface area contributed by atoms with Gasteiger partial charge in [-0.2, -0.15) is 0 Å². The second kappa shape index (κ2) is 7.43. The molecular formula is C18H13BrN4O2S. The molecule has 0 bridgehead atoms. The molecule has 0 atom stereocenters. The van der Waals surface area contributed by atoms with Crippen molar-refractivity contribution in [2.24, 2.45) is 0 Å². The Kier molecular flexibility index (Phi) is 4.85. The Morgan fingerprint density at radius 1 is 0.885 bits per heavy atom. The van der Waals surface area contributed by atoms with Crippen LogP contribution in [0.15, 0.2) is 67.1 Å². The van der Waals surface area contributed by atoms with E-state index in [1.807, 2.05) is 55.5 Å². The van der Waals surface area contributed by atoms with Gasteiger partial charge in [0.15, 0.2) is 0 Å². The first-order chi connectivity index (χ1) is 12.7. The molecule has 0 spiro atoms. The fourth-order valence-corrected chi connectivity index (χ4v) is 3.20. The zero-order chi connectivity index (χ0) is 17.9. The molecule has 0 aliphatic heterocycles. The molecule has 0 N–H and O–H groups in total. The Morgan fingerprint density at radius 2 is 1.65 bits per heavy atom. The maximum atomic E-state index is 5.72. The number of aryl methyl sites for hydroxylation is 1. The van der Waals surface area contributed by atoms with Gasteiger partial charge < -0.3 is 8.83 Å². The molecule has 26 heavy (non-hydrogen) atoms. The van der Waals surface area contributed by atoms with Crippen molar-refractivity contribution in [3.8, 4) is 22.9 Å². The predicted octanol–water partition coefficient (Wildman–Crippen LogP) is 5.15. The van der Waals surface area contributed by atoms with Crippen molar-refractivity contribution in [3.05, 3.63) is 64.5 Å². The van der Waals surface area contributed by atoms with E-state index < -0.39 is 0 Å². The van der Waals surface area contributed by atoms with Crippen LogP contribution in [-0.2, 0) is 5.75 Å². The van der Waals surface area contributed by atoms with Crippen molar-refractivity contribution in [3.63, 3.8) is 0 Å². The Morgan fingerprint density at radius 3 is 2.46 bits per heavy atom. The molecule has 2 aromatic carbocycles. The summed E-state index contributed by atoms with van der Waals surface area (Å²) in [4.78, 5) is 0. The van der Waals surface area contributed by atoms with Crippen LogP contribution in [0.3, 0.4) is 0 Å². The highest BCUT2D eigenvalue weighted by molar-refractivity contribution is 9.10. The molecule has 0 fully saturated rings. The first-order valence-electron chi connectivity index (χ1n) is 7.79. The van der Waals surface area contributed by atoms with Crippen LogP contribution in [0.25, 0.3) is 22.9 Å². The maximum absolute atomic E-state index is 5.72. The van der Waals surface area contributed by atoms with E-state index in [4.69, 9.17) is 8.83 Å². The van der Waals surface area contributed by atoms with Gasteiger partial charge >= 0.3 is 0 Å².